The van der Waals surface area contributed by atoms with Crippen molar-refractivity contribution >= 4 is 0 Å². The summed E-state index contributed by atoms with van der Waals surface area (Å²) in [5.41, 5.74) is 3.84. The molecular formula is C10H14. The van der Waals surface area contributed by atoms with Crippen molar-refractivity contribution in [2.75, 3.05) is 0 Å². The predicted octanol–water partition coefficient (Wildman–Crippen LogP) is 3.06. The molecule has 0 N–H and O–H groups in total. The van der Waals surface area contributed by atoms with Crippen molar-refractivity contribution in [3.8, 4) is 0 Å². The zero-order valence-corrected chi connectivity index (χ0v) is 6.78. The van der Waals surface area contributed by atoms with Gasteiger partial charge in [-0.2, -0.15) is 0 Å². The van der Waals surface area contributed by atoms with Crippen molar-refractivity contribution < 1.29 is 0 Å². The molecule has 2 rings (SSSR count). The van der Waals surface area contributed by atoms with E-state index >= 15 is 0 Å². The van der Waals surface area contributed by atoms with Crippen molar-refractivity contribution in [2.24, 2.45) is 5.41 Å². The van der Waals surface area contributed by atoms with Gasteiger partial charge in [-0.3, -0.25) is 0 Å². The van der Waals surface area contributed by atoms with Crippen LogP contribution in [0.4, 0.5) is 0 Å². The SMILES string of the molecule is CC1(C)CCC2=C1CC=C2. The fraction of sp³-hybridized carbons (Fsp3) is 0.600. The van der Waals surface area contributed by atoms with Crippen LogP contribution >= 0.6 is 0 Å². The molecule has 0 aromatic heterocycles. The minimum absolute atomic E-state index is 0.513. The summed E-state index contributed by atoms with van der Waals surface area (Å²) in [6.45, 7) is 4.73. The van der Waals surface area contributed by atoms with Crippen LogP contribution in [0.1, 0.15) is 33.1 Å². The first-order chi connectivity index (χ1) is 4.70. The third kappa shape index (κ3) is 0.681. The van der Waals surface area contributed by atoms with Crippen LogP contribution in [0.25, 0.3) is 0 Å². The van der Waals surface area contributed by atoms with Crippen molar-refractivity contribution in [3.05, 3.63) is 23.3 Å². The molecule has 2 aliphatic rings. The largest absolute Gasteiger partial charge is 0.0802 e. The summed E-state index contributed by atoms with van der Waals surface area (Å²) in [7, 11) is 0. The predicted molar refractivity (Wildman–Crippen MR) is 43.8 cm³/mol. The fourth-order valence-corrected chi connectivity index (χ4v) is 2.09. The van der Waals surface area contributed by atoms with E-state index in [1.807, 2.05) is 0 Å². The van der Waals surface area contributed by atoms with Crippen LogP contribution < -0.4 is 0 Å². The van der Waals surface area contributed by atoms with Gasteiger partial charge in [-0.1, -0.05) is 31.6 Å². The van der Waals surface area contributed by atoms with Crippen LogP contribution in [0.3, 0.4) is 0 Å². The summed E-state index contributed by atoms with van der Waals surface area (Å²) in [6.07, 6.45) is 8.51. The van der Waals surface area contributed by atoms with E-state index in [1.165, 1.54) is 19.3 Å². The molecule has 0 spiro atoms. The Labute approximate surface area is 62.6 Å². The first kappa shape index (κ1) is 6.21. The quantitative estimate of drug-likeness (QED) is 0.477. The van der Waals surface area contributed by atoms with Crippen LogP contribution in [0, 0.1) is 5.41 Å². The number of hydrogen-bond acceptors (Lipinski definition) is 0. The van der Waals surface area contributed by atoms with Crippen LogP contribution in [0.15, 0.2) is 23.3 Å². The minimum Gasteiger partial charge on any atom is -0.0802 e. The van der Waals surface area contributed by atoms with Gasteiger partial charge in [0.2, 0.25) is 0 Å². The normalized spacial score (nSPS) is 27.8. The van der Waals surface area contributed by atoms with E-state index in [4.69, 9.17) is 0 Å². The van der Waals surface area contributed by atoms with Crippen LogP contribution in [-0.4, -0.2) is 0 Å². The van der Waals surface area contributed by atoms with Gasteiger partial charge in [-0.25, -0.2) is 0 Å². The lowest BCUT2D eigenvalue weighted by atomic mass is 9.85. The lowest BCUT2D eigenvalue weighted by molar-refractivity contribution is 0.436. The Morgan fingerprint density at radius 3 is 2.90 bits per heavy atom. The fourth-order valence-electron chi connectivity index (χ4n) is 2.09. The second-order valence-corrected chi connectivity index (χ2v) is 3.99. The van der Waals surface area contributed by atoms with Gasteiger partial charge in [0, 0.05) is 0 Å². The molecule has 0 unspecified atom stereocenters. The van der Waals surface area contributed by atoms with Gasteiger partial charge in [0.05, 0.1) is 0 Å². The van der Waals surface area contributed by atoms with Crippen molar-refractivity contribution in [2.45, 2.75) is 33.1 Å². The highest BCUT2D eigenvalue weighted by atomic mass is 14.4. The number of allylic oxidation sites excluding steroid dienone is 4. The van der Waals surface area contributed by atoms with Gasteiger partial charge in [-0.15, -0.1) is 0 Å². The Kier molecular flexibility index (Phi) is 1.08. The highest BCUT2D eigenvalue weighted by Gasteiger charge is 2.31. The maximum atomic E-state index is 2.36. The number of rotatable bonds is 0. The second-order valence-electron chi connectivity index (χ2n) is 3.99. The number of hydrogen-bond donors (Lipinski definition) is 0. The van der Waals surface area contributed by atoms with Gasteiger partial charge in [0.25, 0.3) is 0 Å². The van der Waals surface area contributed by atoms with E-state index in [2.05, 4.69) is 26.0 Å². The molecule has 0 bridgehead atoms. The van der Waals surface area contributed by atoms with Gasteiger partial charge in [0.1, 0.15) is 0 Å². The van der Waals surface area contributed by atoms with Gasteiger partial charge < -0.3 is 0 Å². The summed E-state index contributed by atoms with van der Waals surface area (Å²) in [5.74, 6) is 0. The third-order valence-electron chi connectivity index (χ3n) is 2.86. The summed E-state index contributed by atoms with van der Waals surface area (Å²) in [6, 6.07) is 0. The molecule has 0 heterocycles. The van der Waals surface area contributed by atoms with Crippen molar-refractivity contribution in [1.82, 2.24) is 0 Å². The van der Waals surface area contributed by atoms with E-state index in [0.717, 1.165) is 0 Å². The van der Waals surface area contributed by atoms with Gasteiger partial charge >= 0.3 is 0 Å². The van der Waals surface area contributed by atoms with Crippen molar-refractivity contribution in [1.29, 1.82) is 0 Å². The molecule has 0 aromatic rings. The first-order valence-electron chi connectivity index (χ1n) is 4.09. The zero-order chi connectivity index (χ0) is 7.19. The van der Waals surface area contributed by atoms with E-state index in [9.17, 15) is 0 Å². The standard InChI is InChI=1S/C10H14/c1-10(2)7-6-8-4-3-5-9(8)10/h3-4H,5-7H2,1-2H3. The Bertz CT molecular complexity index is 216. The summed E-state index contributed by atoms with van der Waals surface area (Å²) in [5, 5.41) is 0. The molecular weight excluding hydrogens is 120 g/mol. The molecule has 0 aliphatic heterocycles. The maximum Gasteiger partial charge on any atom is -0.0124 e. The van der Waals surface area contributed by atoms with Gasteiger partial charge in [0.15, 0.2) is 0 Å². The molecule has 0 nitrogen and oxygen atoms in total. The molecule has 0 aromatic carbocycles. The summed E-state index contributed by atoms with van der Waals surface area (Å²) >= 11 is 0. The van der Waals surface area contributed by atoms with Crippen molar-refractivity contribution in [3.63, 3.8) is 0 Å². The highest BCUT2D eigenvalue weighted by molar-refractivity contribution is 5.40. The molecule has 0 atom stereocenters. The summed E-state index contributed by atoms with van der Waals surface area (Å²) in [4.78, 5) is 0. The van der Waals surface area contributed by atoms with Crippen LogP contribution in [0.5, 0.6) is 0 Å². The zero-order valence-electron chi connectivity index (χ0n) is 6.78. The molecule has 2 aliphatic carbocycles. The average molecular weight is 134 g/mol. The Hall–Kier alpha value is -0.520. The van der Waals surface area contributed by atoms with E-state index in [1.54, 1.807) is 11.1 Å². The Balaban J connectivity index is 2.37. The maximum absolute atomic E-state index is 2.36. The third-order valence-corrected chi connectivity index (χ3v) is 2.86. The van der Waals surface area contributed by atoms with E-state index in [-0.39, 0.29) is 0 Å². The second kappa shape index (κ2) is 1.75. The molecule has 0 radical (unpaired) electrons. The monoisotopic (exact) mass is 134 g/mol. The lowest BCUT2D eigenvalue weighted by Crippen LogP contribution is -2.08. The van der Waals surface area contributed by atoms with E-state index < -0.39 is 0 Å². The molecule has 0 amide bonds. The highest BCUT2D eigenvalue weighted by Crippen LogP contribution is 2.46. The Morgan fingerprint density at radius 2 is 2.20 bits per heavy atom. The van der Waals surface area contributed by atoms with Crippen LogP contribution in [-0.2, 0) is 0 Å². The molecule has 10 heavy (non-hydrogen) atoms. The van der Waals surface area contributed by atoms with E-state index in [0.29, 0.717) is 5.41 Å². The molecule has 0 heteroatoms. The molecule has 0 saturated carbocycles. The first-order valence-corrected chi connectivity index (χ1v) is 4.09. The lowest BCUT2D eigenvalue weighted by Gasteiger charge is -2.20. The smallest absolute Gasteiger partial charge is 0.0124 e. The minimum atomic E-state index is 0.513. The summed E-state index contributed by atoms with van der Waals surface area (Å²) < 4.78 is 0. The van der Waals surface area contributed by atoms with Crippen LogP contribution in [0.2, 0.25) is 0 Å². The average Bonchev–Trinajstić information content (AvgIpc) is 2.36. The molecule has 0 saturated heterocycles. The topological polar surface area (TPSA) is 0 Å². The van der Waals surface area contributed by atoms with Gasteiger partial charge in [-0.05, 0) is 30.3 Å². The molecule has 54 valence electrons. The molecule has 0 fully saturated rings. The Morgan fingerprint density at radius 1 is 1.40 bits per heavy atom.